The van der Waals surface area contributed by atoms with Crippen LogP contribution in [0.25, 0.3) is 11.1 Å². The third kappa shape index (κ3) is 2.53. The highest BCUT2D eigenvalue weighted by molar-refractivity contribution is 9.10. The van der Waals surface area contributed by atoms with Crippen LogP contribution in [-0.2, 0) is 0 Å². The Balaban J connectivity index is 2.43. The molecule has 2 aromatic rings. The van der Waals surface area contributed by atoms with Crippen molar-refractivity contribution in [3.05, 3.63) is 58.3 Å². The maximum Gasteiger partial charge on any atom is 0.335 e. The van der Waals surface area contributed by atoms with Crippen LogP contribution in [0.4, 0.5) is 4.39 Å². The molecule has 0 saturated heterocycles. The van der Waals surface area contributed by atoms with E-state index in [0.717, 1.165) is 0 Å². The SMILES string of the molecule is O=C(O)c1ccc(-c2ccc(Br)cc2F)cc1. The minimum Gasteiger partial charge on any atom is -0.478 e. The molecule has 0 bridgehead atoms. The van der Waals surface area contributed by atoms with Crippen LogP contribution < -0.4 is 0 Å². The molecular weight excluding hydrogens is 287 g/mol. The number of hydrogen-bond acceptors (Lipinski definition) is 1. The van der Waals surface area contributed by atoms with Crippen molar-refractivity contribution in [1.29, 1.82) is 0 Å². The van der Waals surface area contributed by atoms with Crippen LogP contribution in [0, 0.1) is 5.82 Å². The van der Waals surface area contributed by atoms with Gasteiger partial charge in [0.25, 0.3) is 0 Å². The number of hydrogen-bond donors (Lipinski definition) is 1. The highest BCUT2D eigenvalue weighted by atomic mass is 79.9. The highest BCUT2D eigenvalue weighted by Crippen LogP contribution is 2.25. The van der Waals surface area contributed by atoms with E-state index in [4.69, 9.17) is 5.11 Å². The fourth-order valence-corrected chi connectivity index (χ4v) is 1.85. The summed E-state index contributed by atoms with van der Waals surface area (Å²) in [5, 5.41) is 8.76. The zero-order valence-electron chi connectivity index (χ0n) is 8.65. The van der Waals surface area contributed by atoms with Crippen molar-refractivity contribution in [2.24, 2.45) is 0 Å². The van der Waals surface area contributed by atoms with E-state index in [1.807, 2.05) is 0 Å². The normalized spacial score (nSPS) is 10.2. The first kappa shape index (κ1) is 11.8. The molecule has 0 aliphatic rings. The monoisotopic (exact) mass is 294 g/mol. The molecule has 2 nitrogen and oxygen atoms in total. The van der Waals surface area contributed by atoms with Crippen molar-refractivity contribution in [3.63, 3.8) is 0 Å². The molecule has 2 rings (SSSR count). The van der Waals surface area contributed by atoms with Crippen LogP contribution in [0.1, 0.15) is 10.4 Å². The number of benzene rings is 2. The first-order valence-electron chi connectivity index (χ1n) is 4.87. The molecule has 0 radical (unpaired) electrons. The van der Waals surface area contributed by atoms with Gasteiger partial charge >= 0.3 is 5.97 Å². The van der Waals surface area contributed by atoms with Crippen LogP contribution in [0.2, 0.25) is 0 Å². The number of carbonyl (C=O) groups is 1. The Morgan fingerprint density at radius 1 is 1.12 bits per heavy atom. The third-order valence-electron chi connectivity index (χ3n) is 2.37. The predicted molar refractivity (Wildman–Crippen MR) is 66.5 cm³/mol. The molecule has 1 N–H and O–H groups in total. The van der Waals surface area contributed by atoms with E-state index in [1.54, 1.807) is 24.3 Å². The summed E-state index contributed by atoms with van der Waals surface area (Å²) in [4.78, 5) is 10.7. The fraction of sp³-hybridized carbons (Fsp3) is 0. The van der Waals surface area contributed by atoms with E-state index >= 15 is 0 Å². The van der Waals surface area contributed by atoms with E-state index < -0.39 is 5.97 Å². The molecule has 4 heteroatoms. The number of carboxylic acids is 1. The number of carboxylic acid groups (broad SMARTS) is 1. The Bertz CT molecular complexity index is 564. The largest absolute Gasteiger partial charge is 0.478 e. The molecule has 86 valence electrons. The average molecular weight is 295 g/mol. The van der Waals surface area contributed by atoms with E-state index in [0.29, 0.717) is 15.6 Å². The molecule has 0 fully saturated rings. The van der Waals surface area contributed by atoms with Gasteiger partial charge in [-0.05, 0) is 29.8 Å². The van der Waals surface area contributed by atoms with E-state index in [2.05, 4.69) is 15.9 Å². The molecule has 0 aromatic heterocycles. The predicted octanol–water partition coefficient (Wildman–Crippen LogP) is 3.95. The van der Waals surface area contributed by atoms with Crippen molar-refractivity contribution in [2.45, 2.75) is 0 Å². The third-order valence-corrected chi connectivity index (χ3v) is 2.87. The van der Waals surface area contributed by atoms with Gasteiger partial charge in [-0.3, -0.25) is 0 Å². The van der Waals surface area contributed by atoms with Crippen LogP contribution in [0.3, 0.4) is 0 Å². The quantitative estimate of drug-likeness (QED) is 0.910. The summed E-state index contributed by atoms with van der Waals surface area (Å²) in [5.41, 5.74) is 1.29. The van der Waals surface area contributed by atoms with Gasteiger partial charge in [-0.2, -0.15) is 0 Å². The van der Waals surface area contributed by atoms with Gasteiger partial charge in [0.2, 0.25) is 0 Å². The molecule has 0 aliphatic heterocycles. The van der Waals surface area contributed by atoms with Crippen molar-refractivity contribution < 1.29 is 14.3 Å². The van der Waals surface area contributed by atoms with Crippen molar-refractivity contribution >= 4 is 21.9 Å². The summed E-state index contributed by atoms with van der Waals surface area (Å²) >= 11 is 3.18. The molecule has 0 atom stereocenters. The second-order valence-corrected chi connectivity index (χ2v) is 4.42. The van der Waals surface area contributed by atoms with E-state index in [1.165, 1.54) is 18.2 Å². The summed E-state index contributed by atoms with van der Waals surface area (Å²) in [6.45, 7) is 0. The van der Waals surface area contributed by atoms with Gasteiger partial charge in [-0.1, -0.05) is 34.1 Å². The molecule has 0 aliphatic carbocycles. The Labute approximate surface area is 106 Å². The van der Waals surface area contributed by atoms with Crippen molar-refractivity contribution in [2.75, 3.05) is 0 Å². The lowest BCUT2D eigenvalue weighted by Gasteiger charge is -2.04. The van der Waals surface area contributed by atoms with Crippen molar-refractivity contribution in [1.82, 2.24) is 0 Å². The summed E-state index contributed by atoms with van der Waals surface area (Å²) in [7, 11) is 0. The zero-order valence-corrected chi connectivity index (χ0v) is 10.2. The fourth-order valence-electron chi connectivity index (χ4n) is 1.52. The minimum absolute atomic E-state index is 0.186. The average Bonchev–Trinajstić information content (AvgIpc) is 2.29. The van der Waals surface area contributed by atoms with Gasteiger partial charge < -0.3 is 5.11 Å². The van der Waals surface area contributed by atoms with E-state index in [-0.39, 0.29) is 11.4 Å². The lowest BCUT2D eigenvalue weighted by molar-refractivity contribution is 0.0697. The van der Waals surface area contributed by atoms with Gasteiger partial charge in [-0.15, -0.1) is 0 Å². The number of aromatic carboxylic acids is 1. The molecule has 0 unspecified atom stereocenters. The number of halogens is 2. The maximum absolute atomic E-state index is 13.6. The van der Waals surface area contributed by atoms with Crippen LogP contribution in [0.5, 0.6) is 0 Å². The highest BCUT2D eigenvalue weighted by Gasteiger charge is 2.07. The Morgan fingerprint density at radius 2 is 1.76 bits per heavy atom. The summed E-state index contributed by atoms with van der Waals surface area (Å²) < 4.78 is 14.3. The Kier molecular flexibility index (Phi) is 3.24. The maximum atomic E-state index is 13.6. The first-order valence-corrected chi connectivity index (χ1v) is 5.66. The molecule has 17 heavy (non-hydrogen) atoms. The Morgan fingerprint density at radius 3 is 2.29 bits per heavy atom. The van der Waals surface area contributed by atoms with Gasteiger partial charge in [-0.25, -0.2) is 9.18 Å². The summed E-state index contributed by atoms with van der Waals surface area (Å²) in [5.74, 6) is -1.34. The minimum atomic E-state index is -0.993. The lowest BCUT2D eigenvalue weighted by atomic mass is 10.0. The topological polar surface area (TPSA) is 37.3 Å². The van der Waals surface area contributed by atoms with E-state index in [9.17, 15) is 9.18 Å². The molecule has 0 amide bonds. The molecule has 0 saturated carbocycles. The summed E-state index contributed by atoms with van der Waals surface area (Å²) in [6.07, 6.45) is 0. The van der Waals surface area contributed by atoms with Crippen molar-refractivity contribution in [3.8, 4) is 11.1 Å². The molecule has 2 aromatic carbocycles. The van der Waals surface area contributed by atoms with Gasteiger partial charge in [0.15, 0.2) is 0 Å². The molecular formula is C13H8BrFO2. The van der Waals surface area contributed by atoms with Crippen LogP contribution in [-0.4, -0.2) is 11.1 Å². The van der Waals surface area contributed by atoms with Gasteiger partial charge in [0.1, 0.15) is 5.82 Å². The second kappa shape index (κ2) is 4.67. The molecule has 0 heterocycles. The number of rotatable bonds is 2. The van der Waals surface area contributed by atoms with Gasteiger partial charge in [0, 0.05) is 10.0 Å². The van der Waals surface area contributed by atoms with Crippen LogP contribution >= 0.6 is 15.9 Å². The van der Waals surface area contributed by atoms with Crippen LogP contribution in [0.15, 0.2) is 46.9 Å². The second-order valence-electron chi connectivity index (χ2n) is 3.51. The zero-order chi connectivity index (χ0) is 12.4. The summed E-state index contributed by atoms with van der Waals surface area (Å²) in [6, 6.07) is 10.9. The smallest absolute Gasteiger partial charge is 0.335 e. The first-order chi connectivity index (χ1) is 8.08. The Hall–Kier alpha value is -1.68. The van der Waals surface area contributed by atoms with Gasteiger partial charge in [0.05, 0.1) is 5.56 Å². The molecule has 0 spiro atoms. The lowest BCUT2D eigenvalue weighted by Crippen LogP contribution is -1.95. The standard InChI is InChI=1S/C13H8BrFO2/c14-10-5-6-11(12(15)7-10)8-1-3-9(4-2-8)13(16)17/h1-7H,(H,16,17).